The summed E-state index contributed by atoms with van der Waals surface area (Å²) in [5, 5.41) is 3.89. The van der Waals surface area contributed by atoms with Crippen molar-refractivity contribution >= 4 is 0 Å². The van der Waals surface area contributed by atoms with E-state index in [1.807, 2.05) is 27.7 Å². The van der Waals surface area contributed by atoms with Crippen LogP contribution in [0, 0.1) is 0 Å². The van der Waals surface area contributed by atoms with E-state index in [1.165, 1.54) is 0 Å². The molecule has 0 radical (unpaired) electrons. The van der Waals surface area contributed by atoms with E-state index in [9.17, 15) is 0 Å². The molecule has 0 aromatic carbocycles. The zero-order valence-electron chi connectivity index (χ0n) is 10.7. The Morgan fingerprint density at radius 2 is 2.06 bits per heavy atom. The lowest BCUT2D eigenvalue weighted by molar-refractivity contribution is 0.00920. The fourth-order valence-corrected chi connectivity index (χ4v) is 1.34. The summed E-state index contributed by atoms with van der Waals surface area (Å²) in [6.45, 7) is 7.97. The molecule has 0 saturated heterocycles. The van der Waals surface area contributed by atoms with Gasteiger partial charge in [-0.2, -0.15) is 4.98 Å². The van der Waals surface area contributed by atoms with Gasteiger partial charge in [-0.25, -0.2) is 0 Å². The maximum absolute atomic E-state index is 6.01. The monoisotopic (exact) mass is 227 g/mol. The van der Waals surface area contributed by atoms with Crippen LogP contribution in [0.1, 0.15) is 57.8 Å². The van der Waals surface area contributed by atoms with Gasteiger partial charge in [-0.1, -0.05) is 19.0 Å². The molecule has 0 fully saturated rings. The van der Waals surface area contributed by atoms with Crippen molar-refractivity contribution < 1.29 is 9.26 Å². The second-order valence-electron chi connectivity index (χ2n) is 4.92. The number of rotatable bonds is 5. The fraction of sp³-hybridized carbons (Fsp3) is 0.818. The molecule has 1 unspecified atom stereocenters. The minimum atomic E-state index is -0.280. The molecule has 0 saturated carbocycles. The second-order valence-corrected chi connectivity index (χ2v) is 4.92. The predicted octanol–water partition coefficient (Wildman–Crippen LogP) is 2.01. The summed E-state index contributed by atoms with van der Waals surface area (Å²) in [6.07, 6.45) is 0.653. The number of hydrogen-bond donors (Lipinski definition) is 1. The van der Waals surface area contributed by atoms with Gasteiger partial charge in [-0.05, 0) is 20.3 Å². The summed E-state index contributed by atoms with van der Waals surface area (Å²) in [5.41, 5.74) is 5.73. The van der Waals surface area contributed by atoms with Crippen LogP contribution in [-0.2, 0) is 4.74 Å². The molecule has 0 aliphatic rings. The summed E-state index contributed by atoms with van der Waals surface area (Å²) in [5.74, 6) is 1.40. The van der Waals surface area contributed by atoms with Crippen LogP contribution in [0.5, 0.6) is 0 Å². The van der Waals surface area contributed by atoms with Gasteiger partial charge < -0.3 is 15.0 Å². The van der Waals surface area contributed by atoms with Crippen LogP contribution in [0.3, 0.4) is 0 Å². The van der Waals surface area contributed by atoms with Gasteiger partial charge in [0.2, 0.25) is 5.89 Å². The lowest BCUT2D eigenvalue weighted by Gasteiger charge is -2.24. The zero-order chi connectivity index (χ0) is 12.3. The third-order valence-corrected chi connectivity index (χ3v) is 2.55. The van der Waals surface area contributed by atoms with E-state index in [0.29, 0.717) is 18.1 Å². The highest BCUT2D eigenvalue weighted by Gasteiger charge is 2.25. The Kier molecular flexibility index (Phi) is 4.04. The van der Waals surface area contributed by atoms with Gasteiger partial charge in [0, 0.05) is 13.0 Å². The first-order valence-electron chi connectivity index (χ1n) is 5.50. The maximum Gasteiger partial charge on any atom is 0.229 e. The third-order valence-electron chi connectivity index (χ3n) is 2.55. The summed E-state index contributed by atoms with van der Waals surface area (Å²) < 4.78 is 10.4. The molecule has 1 heterocycles. The van der Waals surface area contributed by atoms with Crippen molar-refractivity contribution in [2.75, 3.05) is 7.11 Å². The number of nitrogens with zero attached hydrogens (tertiary/aromatic N) is 2. The Bertz CT molecular complexity index is 334. The van der Waals surface area contributed by atoms with Crippen molar-refractivity contribution in [3.63, 3.8) is 0 Å². The smallest absolute Gasteiger partial charge is 0.229 e. The topological polar surface area (TPSA) is 74.2 Å². The number of aromatic nitrogens is 2. The van der Waals surface area contributed by atoms with Crippen molar-refractivity contribution in [3.8, 4) is 0 Å². The molecule has 0 spiro atoms. The average Bonchev–Trinajstić information content (AvgIpc) is 2.66. The molecule has 0 amide bonds. The first kappa shape index (κ1) is 13.1. The average molecular weight is 227 g/mol. The maximum atomic E-state index is 6.01. The molecule has 1 aromatic rings. The van der Waals surface area contributed by atoms with E-state index in [2.05, 4.69) is 10.1 Å². The molecule has 0 aliphatic heterocycles. The molecule has 16 heavy (non-hydrogen) atoms. The highest BCUT2D eigenvalue weighted by Crippen LogP contribution is 2.23. The predicted molar refractivity (Wildman–Crippen MR) is 61.0 cm³/mol. The third kappa shape index (κ3) is 3.28. The Morgan fingerprint density at radius 3 is 2.50 bits per heavy atom. The summed E-state index contributed by atoms with van der Waals surface area (Å²) in [4.78, 5) is 4.27. The molecule has 1 rings (SSSR count). The fourth-order valence-electron chi connectivity index (χ4n) is 1.34. The molecule has 5 heteroatoms. The molecule has 1 aromatic heterocycles. The van der Waals surface area contributed by atoms with Crippen molar-refractivity contribution in [1.29, 1.82) is 0 Å². The Morgan fingerprint density at radius 1 is 1.44 bits per heavy atom. The Hall–Kier alpha value is -0.940. The summed E-state index contributed by atoms with van der Waals surface area (Å²) in [7, 11) is 1.67. The summed E-state index contributed by atoms with van der Waals surface area (Å²) in [6, 6.07) is -0.258. The Balaban J connectivity index is 2.69. The van der Waals surface area contributed by atoms with Gasteiger partial charge in [-0.15, -0.1) is 0 Å². The quantitative estimate of drug-likeness (QED) is 0.832. The molecule has 2 N–H and O–H groups in total. The number of hydrogen-bond acceptors (Lipinski definition) is 5. The van der Waals surface area contributed by atoms with Gasteiger partial charge in [0.25, 0.3) is 0 Å². The van der Waals surface area contributed by atoms with E-state index in [1.54, 1.807) is 7.11 Å². The van der Waals surface area contributed by atoms with E-state index in [0.717, 1.165) is 0 Å². The molecular weight excluding hydrogens is 206 g/mol. The zero-order valence-corrected chi connectivity index (χ0v) is 10.7. The number of ether oxygens (including phenoxy) is 1. The van der Waals surface area contributed by atoms with Gasteiger partial charge in [0.1, 0.15) is 0 Å². The van der Waals surface area contributed by atoms with Crippen LogP contribution in [0.4, 0.5) is 0 Å². The first-order valence-corrected chi connectivity index (χ1v) is 5.50. The number of nitrogens with two attached hydrogens (primary N) is 1. The Labute approximate surface area is 96.4 Å². The van der Waals surface area contributed by atoms with E-state index in [4.69, 9.17) is 15.0 Å². The van der Waals surface area contributed by atoms with E-state index >= 15 is 0 Å². The standard InChI is InChI=1S/C11H21N3O2/c1-7(2)10-13-9(14-16-10)8(12)6-11(3,4)15-5/h7-8H,6,12H2,1-5H3. The van der Waals surface area contributed by atoms with Crippen LogP contribution in [0.2, 0.25) is 0 Å². The van der Waals surface area contributed by atoms with Crippen molar-refractivity contribution in [3.05, 3.63) is 11.7 Å². The lowest BCUT2D eigenvalue weighted by Crippen LogP contribution is -2.29. The largest absolute Gasteiger partial charge is 0.379 e. The van der Waals surface area contributed by atoms with E-state index < -0.39 is 0 Å². The second kappa shape index (κ2) is 4.93. The molecule has 0 bridgehead atoms. The van der Waals surface area contributed by atoms with Gasteiger partial charge in [0.15, 0.2) is 5.82 Å². The molecule has 5 nitrogen and oxygen atoms in total. The van der Waals surface area contributed by atoms with Gasteiger partial charge in [0.05, 0.1) is 11.6 Å². The van der Waals surface area contributed by atoms with E-state index in [-0.39, 0.29) is 17.6 Å². The van der Waals surface area contributed by atoms with Crippen LogP contribution in [0.15, 0.2) is 4.52 Å². The minimum Gasteiger partial charge on any atom is -0.379 e. The van der Waals surface area contributed by atoms with Crippen molar-refractivity contribution in [2.45, 2.75) is 51.7 Å². The van der Waals surface area contributed by atoms with Crippen LogP contribution in [0.25, 0.3) is 0 Å². The molecule has 1 atom stereocenters. The van der Waals surface area contributed by atoms with Crippen LogP contribution < -0.4 is 5.73 Å². The molecule has 92 valence electrons. The molecular formula is C11H21N3O2. The summed E-state index contributed by atoms with van der Waals surface area (Å²) >= 11 is 0. The highest BCUT2D eigenvalue weighted by atomic mass is 16.5. The SMILES string of the molecule is COC(C)(C)CC(N)c1noc(C(C)C)n1. The normalized spacial score (nSPS) is 14.4. The van der Waals surface area contributed by atoms with Crippen molar-refractivity contribution in [2.24, 2.45) is 5.73 Å². The molecule has 0 aliphatic carbocycles. The van der Waals surface area contributed by atoms with Crippen molar-refractivity contribution in [1.82, 2.24) is 10.1 Å². The van der Waals surface area contributed by atoms with Crippen LogP contribution >= 0.6 is 0 Å². The highest BCUT2D eigenvalue weighted by molar-refractivity contribution is 4.97. The van der Waals surface area contributed by atoms with Gasteiger partial charge in [-0.3, -0.25) is 0 Å². The van der Waals surface area contributed by atoms with Crippen LogP contribution in [-0.4, -0.2) is 22.9 Å². The minimum absolute atomic E-state index is 0.226. The van der Waals surface area contributed by atoms with Gasteiger partial charge >= 0.3 is 0 Å². The number of methoxy groups -OCH3 is 1. The lowest BCUT2D eigenvalue weighted by atomic mass is 9.99. The first-order chi connectivity index (χ1) is 7.35.